The molecule has 4 heterocycles. The van der Waals surface area contributed by atoms with Crippen molar-refractivity contribution in [2.75, 3.05) is 25.7 Å². The van der Waals surface area contributed by atoms with E-state index in [-0.39, 0.29) is 16.5 Å². The molecule has 6 rings (SSSR count). The van der Waals surface area contributed by atoms with Gasteiger partial charge in [0.05, 0.1) is 49.2 Å². The van der Waals surface area contributed by atoms with Crippen LogP contribution < -0.4 is 14.2 Å². The molecule has 0 amide bonds. The number of aromatic nitrogens is 6. The smallest absolute Gasteiger partial charge is 0.329 e. The second kappa shape index (κ2) is 15.4. The predicted octanol–water partition coefficient (Wildman–Crippen LogP) is 6.65. The molecule has 4 aromatic heterocycles. The normalized spacial score (nSPS) is 11.1. The molecule has 2 aromatic carbocycles. The van der Waals surface area contributed by atoms with Crippen molar-refractivity contribution in [1.29, 1.82) is 0 Å². The molecule has 0 aliphatic carbocycles. The van der Waals surface area contributed by atoms with Crippen molar-refractivity contribution in [1.82, 2.24) is 24.5 Å². The van der Waals surface area contributed by atoms with Gasteiger partial charge in [-0.15, -0.1) is 11.8 Å². The van der Waals surface area contributed by atoms with Gasteiger partial charge in [-0.1, -0.05) is 47.9 Å². The van der Waals surface area contributed by atoms with Crippen molar-refractivity contribution < 1.29 is 22.6 Å². The quantitative estimate of drug-likeness (QED) is 0.0878. The molecule has 0 N–H and O–H groups in total. The van der Waals surface area contributed by atoms with Crippen LogP contribution in [-0.4, -0.2) is 58.7 Å². The average Bonchev–Trinajstić information content (AvgIpc) is 3.70. The van der Waals surface area contributed by atoms with Crippen LogP contribution in [0.1, 0.15) is 25.2 Å². The van der Waals surface area contributed by atoms with E-state index in [4.69, 9.17) is 9.47 Å². The highest BCUT2D eigenvalue weighted by Gasteiger charge is 2.28. The van der Waals surface area contributed by atoms with Crippen molar-refractivity contribution in [3.05, 3.63) is 114 Å². The van der Waals surface area contributed by atoms with Gasteiger partial charge in [0.1, 0.15) is 17.2 Å². The molecule has 49 heavy (non-hydrogen) atoms. The highest BCUT2D eigenvalue weighted by Crippen LogP contribution is 2.30. The Morgan fingerprint density at radius 3 is 1.88 bits per heavy atom. The highest BCUT2D eigenvalue weighted by molar-refractivity contribution is 7.99. The Kier molecular flexibility index (Phi) is 11.0. The molecule has 0 saturated carbocycles. The summed E-state index contributed by atoms with van der Waals surface area (Å²) in [5.41, 5.74) is 5.66. The van der Waals surface area contributed by atoms with E-state index in [0.29, 0.717) is 10.4 Å². The summed E-state index contributed by atoms with van der Waals surface area (Å²) in [5, 5.41) is 21.2. The van der Waals surface area contributed by atoms with Crippen molar-refractivity contribution >= 4 is 21.6 Å². The number of ether oxygens (including phenoxy) is 2. The van der Waals surface area contributed by atoms with E-state index < -0.39 is 9.84 Å². The Morgan fingerprint density at radius 2 is 1.35 bits per heavy atom. The Balaban J connectivity index is 0.000000192. The van der Waals surface area contributed by atoms with Crippen LogP contribution in [-0.2, 0) is 9.84 Å². The number of thioether (sulfide) groups is 1. The second-order valence-corrected chi connectivity index (χ2v) is 14.3. The molecule has 0 fully saturated rings. The van der Waals surface area contributed by atoms with Gasteiger partial charge in [-0.05, 0) is 72.3 Å². The Morgan fingerprint density at radius 1 is 0.796 bits per heavy atom. The van der Waals surface area contributed by atoms with E-state index >= 15 is 0 Å². The monoisotopic (exact) mass is 698 g/mol. The van der Waals surface area contributed by atoms with Crippen LogP contribution in [0.5, 0.6) is 11.5 Å². The van der Waals surface area contributed by atoms with Crippen LogP contribution in [0.2, 0.25) is 0 Å². The number of hydrogen-bond donors (Lipinski definition) is 0. The van der Waals surface area contributed by atoms with Crippen molar-refractivity contribution in [2.45, 2.75) is 37.5 Å². The minimum absolute atomic E-state index is 0.0217. The van der Waals surface area contributed by atoms with Crippen LogP contribution in [0, 0.1) is 19.1 Å². The summed E-state index contributed by atoms with van der Waals surface area (Å²) in [4.78, 5) is 5.63. The van der Waals surface area contributed by atoms with Crippen LogP contribution >= 0.6 is 11.8 Å². The van der Waals surface area contributed by atoms with Gasteiger partial charge in [-0.3, -0.25) is 0 Å². The minimum Gasteiger partial charge on any atom is -0.711 e. The fourth-order valence-corrected chi connectivity index (χ4v) is 7.03. The molecule has 6 aromatic rings. The summed E-state index contributed by atoms with van der Waals surface area (Å²) < 4.78 is 39.0. The fourth-order valence-electron chi connectivity index (χ4n) is 5.22. The molecule has 0 spiro atoms. The van der Waals surface area contributed by atoms with Crippen molar-refractivity contribution in [2.24, 2.45) is 0 Å². The molecule has 254 valence electrons. The third-order valence-electron chi connectivity index (χ3n) is 7.89. The number of rotatable bonds is 10. The van der Waals surface area contributed by atoms with Gasteiger partial charge in [-0.25, -0.2) is 22.8 Å². The minimum atomic E-state index is -3.58. The second-order valence-electron chi connectivity index (χ2n) is 10.8. The topological polar surface area (TPSA) is 128 Å². The standard InChI is InChI=1S/C18H19N3O4S.C18H19N3OS/c1-4-26(23,24)17-6-5-11-20(22)18(17)21-13(2)16(12-19-21)14-7-9-15(25-3)10-8-14;1-4-23-17-6-5-11-19-18(17)21-13(2)16(12-20-21)14-7-9-15(22-3)10-8-14/h5-12H,4H2,1-3H3;5-12H,4H2,1-3H3. The number of nitrogens with zero attached hydrogens (tertiary/aromatic N) is 6. The summed E-state index contributed by atoms with van der Waals surface area (Å²) >= 11 is 1.78. The predicted molar refractivity (Wildman–Crippen MR) is 191 cm³/mol. The Hall–Kier alpha value is -5.14. The molecule has 0 atom stereocenters. The Bertz CT molecular complexity index is 2140. The van der Waals surface area contributed by atoms with Gasteiger partial charge in [0, 0.05) is 24.2 Å². The third kappa shape index (κ3) is 7.47. The molecule has 0 saturated heterocycles. The van der Waals surface area contributed by atoms with E-state index in [1.165, 1.54) is 23.0 Å². The summed E-state index contributed by atoms with van der Waals surface area (Å²) in [7, 11) is -0.312. The van der Waals surface area contributed by atoms with Crippen LogP contribution in [0.15, 0.2) is 107 Å². The summed E-state index contributed by atoms with van der Waals surface area (Å²) in [6.07, 6.45) is 6.58. The lowest BCUT2D eigenvalue weighted by Crippen LogP contribution is -2.35. The maximum atomic E-state index is 12.4. The first kappa shape index (κ1) is 35.2. The highest BCUT2D eigenvalue weighted by atomic mass is 32.2. The molecule has 0 aliphatic heterocycles. The zero-order chi connectivity index (χ0) is 35.1. The van der Waals surface area contributed by atoms with Gasteiger partial charge in [0.2, 0.25) is 0 Å². The van der Waals surface area contributed by atoms with E-state index in [1.807, 2.05) is 71.7 Å². The van der Waals surface area contributed by atoms with Gasteiger partial charge in [0.15, 0.2) is 20.6 Å². The van der Waals surface area contributed by atoms with Gasteiger partial charge >= 0.3 is 5.82 Å². The number of hydrogen-bond acceptors (Lipinski definition) is 9. The summed E-state index contributed by atoms with van der Waals surface area (Å²) in [6, 6.07) is 22.3. The first-order valence-electron chi connectivity index (χ1n) is 15.5. The molecule has 13 heteroatoms. The SMILES string of the molecule is CCS(=O)(=O)c1ccc[n+]([O-])c1-n1ncc(-c2ccc(OC)cc2)c1C.CCSc1cccnc1-n1ncc(-c2ccc(OC)cc2)c1C. The van der Waals surface area contributed by atoms with E-state index in [1.54, 1.807) is 46.0 Å². The van der Waals surface area contributed by atoms with Crippen LogP contribution in [0.25, 0.3) is 33.9 Å². The third-order valence-corrected chi connectivity index (χ3v) is 10.6. The summed E-state index contributed by atoms with van der Waals surface area (Å²) in [6.45, 7) is 7.55. The first-order valence-corrected chi connectivity index (χ1v) is 18.2. The van der Waals surface area contributed by atoms with Gasteiger partial charge in [-0.2, -0.15) is 5.10 Å². The Labute approximate surface area is 290 Å². The van der Waals surface area contributed by atoms with E-state index in [9.17, 15) is 13.6 Å². The molecule has 0 aliphatic rings. The van der Waals surface area contributed by atoms with E-state index in [0.717, 1.165) is 55.9 Å². The maximum Gasteiger partial charge on any atom is 0.329 e. The van der Waals surface area contributed by atoms with Gasteiger partial charge < -0.3 is 14.7 Å². The molecular weight excluding hydrogens is 661 g/mol. The number of methoxy groups -OCH3 is 2. The molecule has 0 bridgehead atoms. The number of pyridine rings is 2. The van der Waals surface area contributed by atoms with Crippen molar-refractivity contribution in [3.8, 4) is 45.4 Å². The zero-order valence-corrected chi connectivity index (χ0v) is 29.8. The lowest BCUT2D eigenvalue weighted by molar-refractivity contribution is -0.602. The number of benzene rings is 2. The number of sulfone groups is 1. The zero-order valence-electron chi connectivity index (χ0n) is 28.2. The average molecular weight is 699 g/mol. The van der Waals surface area contributed by atoms with Gasteiger partial charge in [0.25, 0.3) is 0 Å². The maximum absolute atomic E-state index is 12.4. The molecule has 0 unspecified atom stereocenters. The van der Waals surface area contributed by atoms with E-state index in [2.05, 4.69) is 35.1 Å². The lowest BCUT2D eigenvalue weighted by Gasteiger charge is -2.11. The molecular formula is C36H38N6O5S2. The molecule has 0 radical (unpaired) electrons. The summed E-state index contributed by atoms with van der Waals surface area (Å²) in [5.74, 6) is 3.35. The largest absolute Gasteiger partial charge is 0.711 e. The lowest BCUT2D eigenvalue weighted by atomic mass is 10.1. The van der Waals surface area contributed by atoms with Crippen LogP contribution in [0.3, 0.4) is 0 Å². The van der Waals surface area contributed by atoms with Crippen molar-refractivity contribution in [3.63, 3.8) is 0 Å². The fraction of sp³-hybridized carbons (Fsp3) is 0.222. The van der Waals surface area contributed by atoms with Crippen LogP contribution in [0.4, 0.5) is 0 Å². The first-order chi connectivity index (χ1) is 23.6. The molecule has 11 nitrogen and oxygen atoms in total.